The molecule has 0 aliphatic heterocycles. The molecule has 0 bridgehead atoms. The van der Waals surface area contributed by atoms with Gasteiger partial charge >= 0.3 is 0 Å². The zero-order valence-corrected chi connectivity index (χ0v) is 8.76. The Morgan fingerprint density at radius 3 is 2.33 bits per heavy atom. The lowest BCUT2D eigenvalue weighted by Gasteiger charge is -2.23. The summed E-state index contributed by atoms with van der Waals surface area (Å²) >= 11 is 0. The second-order valence-corrected chi connectivity index (χ2v) is 4.03. The number of likely N-dealkylation sites (N-methyl/N-ethyl adjacent to an activating group) is 1. The predicted octanol–water partition coefficient (Wildman–Crippen LogP) is 0.692. The minimum Gasteiger partial charge on any atom is -0.383 e. The molecule has 2 N–H and O–H groups in total. The van der Waals surface area contributed by atoms with Crippen LogP contribution in [0.5, 0.6) is 0 Å². The van der Waals surface area contributed by atoms with Gasteiger partial charge in [0, 0.05) is 19.2 Å². The average Bonchev–Trinajstić information content (AvgIpc) is 1.95. The fourth-order valence-corrected chi connectivity index (χ4v) is 0.838. The van der Waals surface area contributed by atoms with E-state index in [-0.39, 0.29) is 5.54 Å². The van der Waals surface area contributed by atoms with Crippen LogP contribution in [0, 0.1) is 0 Å². The molecule has 0 aliphatic rings. The molecule has 0 amide bonds. The minimum absolute atomic E-state index is 0.0542. The number of rotatable bonds is 6. The first-order valence-corrected chi connectivity index (χ1v) is 4.42. The third-order valence-corrected chi connectivity index (χ3v) is 1.81. The van der Waals surface area contributed by atoms with Gasteiger partial charge in [-0.3, -0.25) is 0 Å². The second kappa shape index (κ2) is 5.51. The molecule has 0 aliphatic carbocycles. The highest BCUT2D eigenvalue weighted by Gasteiger charge is 2.10. The SMILES string of the molecule is COCCN(C)CCC(C)(C)N. The van der Waals surface area contributed by atoms with Crippen LogP contribution in [0.4, 0.5) is 0 Å². The molecule has 3 heteroatoms. The van der Waals surface area contributed by atoms with Gasteiger partial charge in [-0.1, -0.05) is 0 Å². The first-order valence-electron chi connectivity index (χ1n) is 4.42. The van der Waals surface area contributed by atoms with Gasteiger partial charge in [-0.15, -0.1) is 0 Å². The van der Waals surface area contributed by atoms with Crippen molar-refractivity contribution in [2.24, 2.45) is 5.73 Å². The number of nitrogens with two attached hydrogens (primary N) is 1. The largest absolute Gasteiger partial charge is 0.383 e. The quantitative estimate of drug-likeness (QED) is 0.644. The van der Waals surface area contributed by atoms with Crippen molar-refractivity contribution < 1.29 is 4.74 Å². The predicted molar refractivity (Wildman–Crippen MR) is 52.3 cm³/mol. The Bertz CT molecular complexity index is 110. The third kappa shape index (κ3) is 7.98. The molecule has 12 heavy (non-hydrogen) atoms. The molecule has 0 spiro atoms. The van der Waals surface area contributed by atoms with E-state index in [1.54, 1.807) is 7.11 Å². The molecule has 3 nitrogen and oxygen atoms in total. The van der Waals surface area contributed by atoms with Crippen LogP contribution < -0.4 is 5.73 Å². The molecule has 0 unspecified atom stereocenters. The number of methoxy groups -OCH3 is 1. The fourth-order valence-electron chi connectivity index (χ4n) is 0.838. The summed E-state index contributed by atoms with van der Waals surface area (Å²) < 4.78 is 4.97. The Kier molecular flexibility index (Phi) is 5.46. The van der Waals surface area contributed by atoms with Gasteiger partial charge in [-0.05, 0) is 33.9 Å². The van der Waals surface area contributed by atoms with E-state index in [0.29, 0.717) is 0 Å². The van der Waals surface area contributed by atoms with Gasteiger partial charge in [-0.25, -0.2) is 0 Å². The Balaban J connectivity index is 3.37. The average molecular weight is 174 g/mol. The van der Waals surface area contributed by atoms with Crippen LogP contribution in [-0.4, -0.2) is 44.3 Å². The van der Waals surface area contributed by atoms with Crippen molar-refractivity contribution in [3.63, 3.8) is 0 Å². The van der Waals surface area contributed by atoms with E-state index in [1.807, 2.05) is 0 Å². The molecule has 0 atom stereocenters. The Morgan fingerprint density at radius 2 is 1.92 bits per heavy atom. The second-order valence-electron chi connectivity index (χ2n) is 4.03. The molecular formula is C9H22N2O. The highest BCUT2D eigenvalue weighted by Crippen LogP contribution is 2.03. The maximum absolute atomic E-state index is 5.85. The van der Waals surface area contributed by atoms with Gasteiger partial charge in [0.2, 0.25) is 0 Å². The van der Waals surface area contributed by atoms with Gasteiger partial charge < -0.3 is 15.4 Å². The molecule has 0 heterocycles. The van der Waals surface area contributed by atoms with Crippen molar-refractivity contribution in [3.8, 4) is 0 Å². The van der Waals surface area contributed by atoms with E-state index >= 15 is 0 Å². The summed E-state index contributed by atoms with van der Waals surface area (Å²) in [6, 6.07) is 0. The lowest BCUT2D eigenvalue weighted by Crippen LogP contribution is -2.37. The van der Waals surface area contributed by atoms with E-state index in [1.165, 1.54) is 0 Å². The highest BCUT2D eigenvalue weighted by molar-refractivity contribution is 4.72. The standard InChI is InChI=1S/C9H22N2O/c1-9(2,10)5-6-11(3)7-8-12-4/h5-8,10H2,1-4H3. The van der Waals surface area contributed by atoms with Gasteiger partial charge in [-0.2, -0.15) is 0 Å². The Labute approximate surface area is 75.9 Å². The van der Waals surface area contributed by atoms with Crippen LogP contribution in [0.15, 0.2) is 0 Å². The maximum Gasteiger partial charge on any atom is 0.0589 e. The van der Waals surface area contributed by atoms with E-state index < -0.39 is 0 Å². The molecule has 0 aromatic rings. The molecule has 0 saturated carbocycles. The summed E-state index contributed by atoms with van der Waals surface area (Å²) in [5.41, 5.74) is 5.80. The summed E-state index contributed by atoms with van der Waals surface area (Å²) in [5.74, 6) is 0. The Morgan fingerprint density at radius 1 is 1.33 bits per heavy atom. The van der Waals surface area contributed by atoms with Crippen molar-refractivity contribution in [2.75, 3.05) is 33.9 Å². The minimum atomic E-state index is -0.0542. The molecule has 74 valence electrons. The summed E-state index contributed by atoms with van der Waals surface area (Å²) in [6.45, 7) is 6.91. The molecule has 0 aromatic heterocycles. The van der Waals surface area contributed by atoms with Crippen LogP contribution in [0.3, 0.4) is 0 Å². The smallest absolute Gasteiger partial charge is 0.0589 e. The van der Waals surface area contributed by atoms with Crippen LogP contribution in [-0.2, 0) is 4.74 Å². The van der Waals surface area contributed by atoms with E-state index in [2.05, 4.69) is 25.8 Å². The monoisotopic (exact) mass is 174 g/mol. The Hall–Kier alpha value is -0.120. The van der Waals surface area contributed by atoms with Crippen LogP contribution in [0.2, 0.25) is 0 Å². The van der Waals surface area contributed by atoms with E-state index in [4.69, 9.17) is 10.5 Å². The van der Waals surface area contributed by atoms with Gasteiger partial charge in [0.05, 0.1) is 6.61 Å². The lowest BCUT2D eigenvalue weighted by molar-refractivity contribution is 0.157. The number of ether oxygens (including phenoxy) is 1. The van der Waals surface area contributed by atoms with Gasteiger partial charge in [0.15, 0.2) is 0 Å². The van der Waals surface area contributed by atoms with E-state index in [0.717, 1.165) is 26.1 Å². The van der Waals surface area contributed by atoms with Crippen molar-refractivity contribution in [1.82, 2.24) is 4.90 Å². The number of nitrogens with zero attached hydrogens (tertiary/aromatic N) is 1. The summed E-state index contributed by atoms with van der Waals surface area (Å²) in [5, 5.41) is 0. The number of hydrogen-bond donors (Lipinski definition) is 1. The molecule has 0 fully saturated rings. The fraction of sp³-hybridized carbons (Fsp3) is 1.00. The molecular weight excluding hydrogens is 152 g/mol. The summed E-state index contributed by atoms with van der Waals surface area (Å²) in [4.78, 5) is 2.23. The molecule has 0 aromatic carbocycles. The lowest BCUT2D eigenvalue weighted by atomic mass is 10.0. The van der Waals surface area contributed by atoms with Crippen LogP contribution in [0.1, 0.15) is 20.3 Å². The zero-order chi connectivity index (χ0) is 9.61. The first kappa shape index (κ1) is 11.9. The molecule has 0 saturated heterocycles. The van der Waals surface area contributed by atoms with Crippen molar-refractivity contribution >= 4 is 0 Å². The number of hydrogen-bond acceptors (Lipinski definition) is 3. The van der Waals surface area contributed by atoms with Gasteiger partial charge in [0.25, 0.3) is 0 Å². The van der Waals surface area contributed by atoms with Crippen molar-refractivity contribution in [1.29, 1.82) is 0 Å². The van der Waals surface area contributed by atoms with Crippen molar-refractivity contribution in [2.45, 2.75) is 25.8 Å². The zero-order valence-electron chi connectivity index (χ0n) is 8.76. The van der Waals surface area contributed by atoms with Crippen molar-refractivity contribution in [3.05, 3.63) is 0 Å². The van der Waals surface area contributed by atoms with Crippen LogP contribution >= 0.6 is 0 Å². The summed E-state index contributed by atoms with van der Waals surface area (Å²) in [7, 11) is 3.81. The van der Waals surface area contributed by atoms with Crippen LogP contribution in [0.25, 0.3) is 0 Å². The molecule has 0 rings (SSSR count). The highest BCUT2D eigenvalue weighted by atomic mass is 16.5. The summed E-state index contributed by atoms with van der Waals surface area (Å²) in [6.07, 6.45) is 1.02. The third-order valence-electron chi connectivity index (χ3n) is 1.81. The first-order chi connectivity index (χ1) is 5.45. The normalized spacial score (nSPS) is 12.5. The van der Waals surface area contributed by atoms with E-state index in [9.17, 15) is 0 Å². The molecule has 0 radical (unpaired) electrons. The topological polar surface area (TPSA) is 38.5 Å². The van der Waals surface area contributed by atoms with Gasteiger partial charge in [0.1, 0.15) is 0 Å². The maximum atomic E-state index is 5.85.